The molecule has 0 radical (unpaired) electrons. The smallest absolute Gasteiger partial charge is 0.303 e. The Morgan fingerprint density at radius 3 is 2.79 bits per heavy atom. The molecule has 2 N–H and O–H groups in total. The lowest BCUT2D eigenvalue weighted by Crippen LogP contribution is -2.14. The van der Waals surface area contributed by atoms with Gasteiger partial charge in [0.1, 0.15) is 0 Å². The second kappa shape index (κ2) is 11.8. The Morgan fingerprint density at radius 2 is 2.08 bits per heavy atom. The molecule has 0 aromatic heterocycles. The minimum absolute atomic E-state index is 0.0558. The van der Waals surface area contributed by atoms with E-state index in [4.69, 9.17) is 5.11 Å². The Morgan fingerprint density at radius 1 is 1.29 bits per heavy atom. The molecular weight excluding hydrogens is 304 g/mol. The maximum Gasteiger partial charge on any atom is 0.303 e. The Kier molecular flexibility index (Phi) is 10.0. The molecule has 0 heterocycles. The van der Waals surface area contributed by atoms with Crippen molar-refractivity contribution in [3.05, 3.63) is 36.5 Å². The highest BCUT2D eigenvalue weighted by atomic mass is 16.4. The number of rotatable bonds is 12. The predicted octanol–water partition coefficient (Wildman–Crippen LogP) is 4.06. The van der Waals surface area contributed by atoms with Crippen molar-refractivity contribution < 1.29 is 19.8 Å². The zero-order valence-electron chi connectivity index (χ0n) is 14.6. The van der Waals surface area contributed by atoms with Gasteiger partial charge >= 0.3 is 5.97 Å². The number of hydrogen-bond donors (Lipinski definition) is 2. The number of aliphatic hydroxyl groups excluding tert-OH is 1. The molecule has 0 amide bonds. The summed E-state index contributed by atoms with van der Waals surface area (Å²) in [5, 5.41) is 18.5. The van der Waals surface area contributed by atoms with Crippen molar-refractivity contribution in [2.75, 3.05) is 0 Å². The third-order valence-electron chi connectivity index (χ3n) is 4.28. The van der Waals surface area contributed by atoms with Gasteiger partial charge in [-0.05, 0) is 44.1 Å². The fourth-order valence-corrected chi connectivity index (χ4v) is 2.81. The average Bonchev–Trinajstić information content (AvgIpc) is 2.88. The highest BCUT2D eigenvalue weighted by molar-refractivity contribution is 5.95. The van der Waals surface area contributed by atoms with E-state index in [9.17, 15) is 14.7 Å². The van der Waals surface area contributed by atoms with E-state index in [1.165, 1.54) is 19.3 Å². The minimum Gasteiger partial charge on any atom is -0.481 e. The van der Waals surface area contributed by atoms with Crippen LogP contribution in [-0.4, -0.2) is 28.1 Å². The molecule has 0 aromatic rings. The summed E-state index contributed by atoms with van der Waals surface area (Å²) in [6.07, 6.45) is 17.1. The summed E-state index contributed by atoms with van der Waals surface area (Å²) < 4.78 is 0. The SMILES string of the molecule is CCCCC/C=C\C[C@@H]1C=CC(=O)[C@H]1/C=C/[C@@H](O)CCCC(=O)O. The van der Waals surface area contributed by atoms with Gasteiger partial charge in [-0.2, -0.15) is 0 Å². The molecule has 0 fully saturated rings. The molecule has 134 valence electrons. The van der Waals surface area contributed by atoms with Crippen molar-refractivity contribution in [2.24, 2.45) is 11.8 Å². The van der Waals surface area contributed by atoms with Crippen molar-refractivity contribution in [3.8, 4) is 0 Å². The molecule has 24 heavy (non-hydrogen) atoms. The second-order valence-corrected chi connectivity index (χ2v) is 6.39. The van der Waals surface area contributed by atoms with Crippen LogP contribution in [0.1, 0.15) is 58.3 Å². The van der Waals surface area contributed by atoms with Gasteiger partial charge < -0.3 is 10.2 Å². The number of allylic oxidation sites excluding steroid dienone is 5. The average molecular weight is 334 g/mol. The molecule has 0 bridgehead atoms. The first-order valence-corrected chi connectivity index (χ1v) is 8.99. The third-order valence-corrected chi connectivity index (χ3v) is 4.28. The summed E-state index contributed by atoms with van der Waals surface area (Å²) >= 11 is 0. The number of carboxylic acids is 1. The van der Waals surface area contributed by atoms with Gasteiger partial charge in [0.2, 0.25) is 0 Å². The van der Waals surface area contributed by atoms with Crippen molar-refractivity contribution in [3.63, 3.8) is 0 Å². The van der Waals surface area contributed by atoms with Crippen LogP contribution in [0.5, 0.6) is 0 Å². The monoisotopic (exact) mass is 334 g/mol. The largest absolute Gasteiger partial charge is 0.481 e. The van der Waals surface area contributed by atoms with Crippen LogP contribution in [-0.2, 0) is 9.59 Å². The standard InChI is InChI=1S/C20H30O4/c1-2-3-4-5-6-7-9-16-12-15-19(22)18(16)14-13-17(21)10-8-11-20(23)24/h6-7,12-18,21H,2-5,8-11H2,1H3,(H,23,24)/b7-6-,14-13+/t16-,17+,18+/m1/s1. The third kappa shape index (κ3) is 8.25. The Bertz CT molecular complexity index is 476. The van der Waals surface area contributed by atoms with Gasteiger partial charge in [-0.1, -0.05) is 50.1 Å². The number of unbranched alkanes of at least 4 members (excludes halogenated alkanes) is 3. The molecule has 0 aromatic carbocycles. The first-order valence-electron chi connectivity index (χ1n) is 8.99. The van der Waals surface area contributed by atoms with Gasteiger partial charge in [0.05, 0.1) is 6.10 Å². The van der Waals surface area contributed by atoms with Crippen molar-refractivity contribution >= 4 is 11.8 Å². The molecule has 1 rings (SSSR count). The molecular formula is C20H30O4. The molecule has 0 unspecified atom stereocenters. The lowest BCUT2D eigenvalue weighted by atomic mass is 9.90. The van der Waals surface area contributed by atoms with Crippen LogP contribution in [0.15, 0.2) is 36.5 Å². The van der Waals surface area contributed by atoms with Gasteiger partial charge in [0.15, 0.2) is 5.78 Å². The second-order valence-electron chi connectivity index (χ2n) is 6.39. The van der Waals surface area contributed by atoms with E-state index in [1.54, 1.807) is 18.2 Å². The van der Waals surface area contributed by atoms with E-state index in [1.807, 2.05) is 6.08 Å². The van der Waals surface area contributed by atoms with Crippen LogP contribution >= 0.6 is 0 Å². The molecule has 1 aliphatic rings. The van der Waals surface area contributed by atoms with Crippen molar-refractivity contribution in [1.29, 1.82) is 0 Å². The minimum atomic E-state index is -0.855. The lowest BCUT2D eigenvalue weighted by Gasteiger charge is -2.13. The molecule has 0 saturated heterocycles. The van der Waals surface area contributed by atoms with E-state index in [2.05, 4.69) is 19.1 Å². The number of aliphatic carboxylic acids is 1. The Balaban J connectivity index is 2.39. The molecule has 1 aliphatic carbocycles. The van der Waals surface area contributed by atoms with E-state index in [0.29, 0.717) is 12.8 Å². The van der Waals surface area contributed by atoms with Crippen LogP contribution in [0.2, 0.25) is 0 Å². The van der Waals surface area contributed by atoms with E-state index >= 15 is 0 Å². The molecule has 3 atom stereocenters. The molecule has 0 aliphatic heterocycles. The number of hydrogen-bond acceptors (Lipinski definition) is 3. The highest BCUT2D eigenvalue weighted by Gasteiger charge is 2.26. The van der Waals surface area contributed by atoms with Gasteiger partial charge in [0.25, 0.3) is 0 Å². The fraction of sp³-hybridized carbons (Fsp3) is 0.600. The maximum atomic E-state index is 12.0. The topological polar surface area (TPSA) is 74.6 Å². The predicted molar refractivity (Wildman–Crippen MR) is 95.7 cm³/mol. The van der Waals surface area contributed by atoms with Crippen LogP contribution in [0, 0.1) is 11.8 Å². The van der Waals surface area contributed by atoms with Crippen LogP contribution in [0.3, 0.4) is 0 Å². The summed E-state index contributed by atoms with van der Waals surface area (Å²) in [5.74, 6) is -0.831. The number of carbonyl (C=O) groups is 2. The first-order chi connectivity index (χ1) is 11.5. The van der Waals surface area contributed by atoms with Gasteiger partial charge in [0, 0.05) is 12.3 Å². The van der Waals surface area contributed by atoms with E-state index in [-0.39, 0.29) is 24.0 Å². The number of carbonyl (C=O) groups excluding carboxylic acids is 1. The summed E-state index contributed by atoms with van der Waals surface area (Å²) in [7, 11) is 0. The zero-order chi connectivity index (χ0) is 17.8. The van der Waals surface area contributed by atoms with E-state index in [0.717, 1.165) is 12.8 Å². The molecule has 0 saturated carbocycles. The molecule has 0 spiro atoms. The van der Waals surface area contributed by atoms with Gasteiger partial charge in [-0.3, -0.25) is 9.59 Å². The zero-order valence-corrected chi connectivity index (χ0v) is 14.6. The number of carboxylic acid groups (broad SMARTS) is 1. The Labute approximate surface area is 145 Å². The van der Waals surface area contributed by atoms with Crippen molar-refractivity contribution in [2.45, 2.75) is 64.4 Å². The highest BCUT2D eigenvalue weighted by Crippen LogP contribution is 2.27. The summed E-state index contributed by atoms with van der Waals surface area (Å²) in [4.78, 5) is 22.4. The lowest BCUT2D eigenvalue weighted by molar-refractivity contribution is -0.137. The molecule has 4 heteroatoms. The van der Waals surface area contributed by atoms with E-state index < -0.39 is 12.1 Å². The number of ketones is 1. The normalized spacial score (nSPS) is 22.0. The summed E-state index contributed by atoms with van der Waals surface area (Å²) in [6, 6.07) is 0. The number of aliphatic hydroxyl groups is 1. The van der Waals surface area contributed by atoms with Crippen molar-refractivity contribution in [1.82, 2.24) is 0 Å². The fourth-order valence-electron chi connectivity index (χ4n) is 2.81. The first kappa shape index (κ1) is 20.4. The summed E-state index contributed by atoms with van der Waals surface area (Å²) in [5.41, 5.74) is 0. The van der Waals surface area contributed by atoms with Crippen LogP contribution in [0.4, 0.5) is 0 Å². The summed E-state index contributed by atoms with van der Waals surface area (Å²) in [6.45, 7) is 2.19. The molecule has 4 nitrogen and oxygen atoms in total. The maximum absolute atomic E-state index is 12.0. The Hall–Kier alpha value is -1.68. The quantitative estimate of drug-likeness (QED) is 0.417. The van der Waals surface area contributed by atoms with Gasteiger partial charge in [-0.25, -0.2) is 0 Å². The van der Waals surface area contributed by atoms with Crippen LogP contribution < -0.4 is 0 Å². The van der Waals surface area contributed by atoms with Crippen LogP contribution in [0.25, 0.3) is 0 Å². The van der Waals surface area contributed by atoms with Gasteiger partial charge in [-0.15, -0.1) is 0 Å².